The second-order valence-corrected chi connectivity index (χ2v) is 8.29. The maximum Gasteiger partial charge on any atom is 0.251 e. The summed E-state index contributed by atoms with van der Waals surface area (Å²) in [4.78, 5) is 30.2. The number of aliphatic hydroxyl groups excluding tert-OH is 2. The first kappa shape index (κ1) is 22.8. The molecule has 4 N–H and O–H groups in total. The fraction of sp³-hybridized carbons (Fsp3) is 0.292. The van der Waals surface area contributed by atoms with Crippen molar-refractivity contribution in [1.29, 1.82) is 0 Å². The Kier molecular flexibility index (Phi) is 6.12. The first-order chi connectivity index (χ1) is 17.0. The number of ether oxygens (including phenoxy) is 1. The van der Waals surface area contributed by atoms with Crippen LogP contribution in [0.2, 0.25) is 0 Å². The topological polar surface area (TPSA) is 147 Å². The molecule has 4 heterocycles. The smallest absolute Gasteiger partial charge is 0.251 e. The molecule has 1 aliphatic heterocycles. The van der Waals surface area contributed by atoms with Crippen LogP contribution in [0.15, 0.2) is 55.1 Å². The van der Waals surface area contributed by atoms with Gasteiger partial charge in [-0.2, -0.15) is 0 Å². The van der Waals surface area contributed by atoms with Gasteiger partial charge in [-0.25, -0.2) is 15.0 Å². The molecule has 4 unspecified atom stereocenters. The minimum absolute atomic E-state index is 0.377. The number of nitrogens with zero attached hydrogens (tertiary/aromatic N) is 5. The van der Waals surface area contributed by atoms with Crippen LogP contribution in [0, 0.1) is 6.92 Å². The van der Waals surface area contributed by atoms with E-state index >= 15 is 0 Å². The van der Waals surface area contributed by atoms with Crippen LogP contribution in [-0.2, 0) is 16.1 Å². The highest BCUT2D eigenvalue weighted by molar-refractivity contribution is 5.85. The first-order valence-electron chi connectivity index (χ1n) is 11.1. The van der Waals surface area contributed by atoms with Gasteiger partial charge in [-0.05, 0) is 24.1 Å². The molecule has 0 radical (unpaired) electrons. The van der Waals surface area contributed by atoms with Crippen molar-refractivity contribution in [1.82, 2.24) is 29.8 Å². The van der Waals surface area contributed by atoms with E-state index in [1.54, 1.807) is 12.4 Å². The highest BCUT2D eigenvalue weighted by atomic mass is 16.6. The summed E-state index contributed by atoms with van der Waals surface area (Å²) < 4.78 is 7.26. The molecule has 0 aliphatic carbocycles. The molecule has 1 amide bonds. The summed E-state index contributed by atoms with van der Waals surface area (Å²) >= 11 is 0. The quantitative estimate of drug-likeness (QED) is 0.323. The van der Waals surface area contributed by atoms with Crippen molar-refractivity contribution in [3.05, 3.63) is 66.2 Å². The van der Waals surface area contributed by atoms with E-state index < -0.39 is 30.4 Å². The number of rotatable bonds is 6. The second-order valence-electron chi connectivity index (χ2n) is 8.29. The molecule has 4 aromatic rings. The van der Waals surface area contributed by atoms with E-state index in [0.29, 0.717) is 29.4 Å². The Morgan fingerprint density at radius 2 is 1.94 bits per heavy atom. The monoisotopic (exact) mass is 475 g/mol. The van der Waals surface area contributed by atoms with Gasteiger partial charge in [-0.15, -0.1) is 0 Å². The lowest BCUT2D eigenvalue weighted by atomic mass is 10.1. The van der Waals surface area contributed by atoms with Crippen molar-refractivity contribution in [3.63, 3.8) is 0 Å². The van der Waals surface area contributed by atoms with Gasteiger partial charge >= 0.3 is 0 Å². The number of aryl methyl sites for hydroxylation is 1. The molecule has 35 heavy (non-hydrogen) atoms. The Labute approximate surface area is 200 Å². The molecule has 0 bridgehead atoms. The maximum atomic E-state index is 12.1. The van der Waals surface area contributed by atoms with Gasteiger partial charge in [0.05, 0.1) is 6.33 Å². The van der Waals surface area contributed by atoms with Crippen molar-refractivity contribution >= 4 is 22.9 Å². The number of hydrogen-bond acceptors (Lipinski definition) is 9. The second kappa shape index (κ2) is 9.37. The van der Waals surface area contributed by atoms with E-state index in [-0.39, 0.29) is 0 Å². The molecule has 3 aromatic heterocycles. The summed E-state index contributed by atoms with van der Waals surface area (Å²) in [6.07, 6.45) is -0.236. The van der Waals surface area contributed by atoms with Gasteiger partial charge < -0.3 is 25.6 Å². The van der Waals surface area contributed by atoms with Crippen molar-refractivity contribution in [2.75, 3.05) is 12.4 Å². The van der Waals surface area contributed by atoms with Crippen LogP contribution in [0.5, 0.6) is 0 Å². The van der Waals surface area contributed by atoms with E-state index in [4.69, 9.17) is 14.7 Å². The van der Waals surface area contributed by atoms with Gasteiger partial charge in [0.2, 0.25) is 0 Å². The fourth-order valence-electron chi connectivity index (χ4n) is 4.07. The average molecular weight is 476 g/mol. The molecule has 1 saturated heterocycles. The molecular formula is C24H25N7O4. The standard InChI is InChI=1S/C24H25N7O4/c1-13-8-9-26-11-15(13)20-29-21(27-10-14-6-4-3-5-7-14)16-22(30-20)31(12-28-16)24-18(33)17(32)19(35-24)23(34)25-2/h3-9,11-12,17-19,24,32-33H,10H2,1-2H3,(H,25,34)(H,27,29,30). The molecule has 4 atom stereocenters. The lowest BCUT2D eigenvalue weighted by Gasteiger charge is -2.17. The zero-order valence-electron chi connectivity index (χ0n) is 19.2. The van der Waals surface area contributed by atoms with Gasteiger partial charge in [0.25, 0.3) is 5.91 Å². The van der Waals surface area contributed by atoms with E-state index in [1.807, 2.05) is 43.3 Å². The number of amides is 1. The maximum absolute atomic E-state index is 12.1. The molecule has 180 valence electrons. The lowest BCUT2D eigenvalue weighted by Crippen LogP contribution is -2.41. The number of aromatic nitrogens is 5. The van der Waals surface area contributed by atoms with E-state index in [9.17, 15) is 15.0 Å². The molecule has 11 heteroatoms. The van der Waals surface area contributed by atoms with Crippen LogP contribution >= 0.6 is 0 Å². The number of pyridine rings is 1. The Morgan fingerprint density at radius 3 is 2.69 bits per heavy atom. The van der Waals surface area contributed by atoms with E-state index in [2.05, 4.69) is 20.6 Å². The number of aliphatic hydroxyl groups is 2. The number of carbonyl (C=O) groups excluding carboxylic acids is 1. The van der Waals surface area contributed by atoms with Crippen LogP contribution in [0.3, 0.4) is 0 Å². The Bertz CT molecular complexity index is 1360. The predicted octanol–water partition coefficient (Wildman–Crippen LogP) is 1.17. The number of likely N-dealkylation sites (N-methyl/N-ethyl adjacent to an activating group) is 1. The Morgan fingerprint density at radius 1 is 1.14 bits per heavy atom. The summed E-state index contributed by atoms with van der Waals surface area (Å²) in [5.41, 5.74) is 3.57. The molecule has 0 spiro atoms. The predicted molar refractivity (Wildman–Crippen MR) is 127 cm³/mol. The van der Waals surface area contributed by atoms with Crippen LogP contribution in [0.25, 0.3) is 22.6 Å². The van der Waals surface area contributed by atoms with Crippen LogP contribution in [-0.4, -0.2) is 66.0 Å². The van der Waals surface area contributed by atoms with E-state index in [1.165, 1.54) is 17.9 Å². The Balaban J connectivity index is 1.59. The van der Waals surface area contributed by atoms with Crippen LogP contribution in [0.4, 0.5) is 5.82 Å². The number of nitrogens with one attached hydrogen (secondary N) is 2. The molecule has 1 aromatic carbocycles. The molecule has 1 aliphatic rings. The van der Waals surface area contributed by atoms with Gasteiger partial charge in [0.1, 0.15) is 12.2 Å². The van der Waals surface area contributed by atoms with Crippen molar-refractivity contribution in [2.24, 2.45) is 0 Å². The van der Waals surface area contributed by atoms with Crippen LogP contribution < -0.4 is 10.6 Å². The third-order valence-corrected chi connectivity index (χ3v) is 6.02. The van der Waals surface area contributed by atoms with Gasteiger partial charge in [0.15, 0.2) is 35.1 Å². The normalized spacial score (nSPS) is 21.8. The molecule has 5 rings (SSSR count). The number of anilines is 1. The zero-order chi connectivity index (χ0) is 24.5. The lowest BCUT2D eigenvalue weighted by molar-refractivity contribution is -0.137. The van der Waals surface area contributed by atoms with Gasteiger partial charge in [0, 0.05) is 31.5 Å². The molecule has 0 saturated carbocycles. The summed E-state index contributed by atoms with van der Waals surface area (Å²) in [6.45, 7) is 2.44. The summed E-state index contributed by atoms with van der Waals surface area (Å²) in [5, 5.41) is 26.9. The summed E-state index contributed by atoms with van der Waals surface area (Å²) in [5.74, 6) is 0.373. The zero-order valence-corrected chi connectivity index (χ0v) is 19.2. The minimum atomic E-state index is -1.41. The Hall–Kier alpha value is -3.93. The molecule has 11 nitrogen and oxygen atoms in total. The molecule has 1 fully saturated rings. The highest BCUT2D eigenvalue weighted by Gasteiger charge is 2.47. The first-order valence-corrected chi connectivity index (χ1v) is 11.1. The number of hydrogen-bond donors (Lipinski definition) is 4. The number of fused-ring (bicyclic) bond motifs is 1. The average Bonchev–Trinajstić information content (AvgIpc) is 3.43. The van der Waals surface area contributed by atoms with Crippen LogP contribution in [0.1, 0.15) is 17.4 Å². The SMILES string of the molecule is CNC(=O)C1OC(n2cnc3c(NCc4ccccc4)nc(-c4cnccc4C)nc32)C(O)C1O. The number of imidazole rings is 1. The van der Waals surface area contributed by atoms with Crippen molar-refractivity contribution < 1.29 is 19.7 Å². The van der Waals surface area contributed by atoms with Crippen molar-refractivity contribution in [3.8, 4) is 11.4 Å². The minimum Gasteiger partial charge on any atom is -0.387 e. The van der Waals surface area contributed by atoms with Gasteiger partial charge in [-0.3, -0.25) is 14.3 Å². The van der Waals surface area contributed by atoms with E-state index in [0.717, 1.165) is 16.7 Å². The molecular weight excluding hydrogens is 450 g/mol. The number of benzene rings is 1. The number of carbonyl (C=O) groups is 1. The van der Waals surface area contributed by atoms with Gasteiger partial charge in [-0.1, -0.05) is 30.3 Å². The third kappa shape index (κ3) is 4.20. The third-order valence-electron chi connectivity index (χ3n) is 6.02. The summed E-state index contributed by atoms with van der Waals surface area (Å²) in [6, 6.07) is 11.7. The largest absolute Gasteiger partial charge is 0.387 e. The van der Waals surface area contributed by atoms with Crippen molar-refractivity contribution in [2.45, 2.75) is 38.0 Å². The highest BCUT2D eigenvalue weighted by Crippen LogP contribution is 2.34. The summed E-state index contributed by atoms with van der Waals surface area (Å²) in [7, 11) is 1.44. The fourth-order valence-corrected chi connectivity index (χ4v) is 4.07.